The summed E-state index contributed by atoms with van der Waals surface area (Å²) in [5.41, 5.74) is 1.43. The van der Waals surface area contributed by atoms with E-state index in [9.17, 15) is 0 Å². The molecule has 2 rings (SSSR count). The average Bonchev–Trinajstić information content (AvgIpc) is 2.47. The predicted molar refractivity (Wildman–Crippen MR) is 84.1 cm³/mol. The molecule has 1 aliphatic heterocycles. The van der Waals surface area contributed by atoms with Crippen molar-refractivity contribution < 1.29 is 4.74 Å². The molecule has 1 aliphatic rings. The first kappa shape index (κ1) is 15.5. The van der Waals surface area contributed by atoms with Crippen molar-refractivity contribution in [3.8, 4) is 0 Å². The summed E-state index contributed by atoms with van der Waals surface area (Å²) in [7, 11) is 0. The SMILES string of the molecule is CCOCCCN1CC(C)NCC1Cc1ccccc1. The molecule has 0 bridgehead atoms. The van der Waals surface area contributed by atoms with Gasteiger partial charge in [0, 0.05) is 44.9 Å². The third-order valence-corrected chi connectivity index (χ3v) is 3.98. The molecule has 3 nitrogen and oxygen atoms in total. The van der Waals surface area contributed by atoms with Gasteiger partial charge in [0.1, 0.15) is 0 Å². The van der Waals surface area contributed by atoms with E-state index in [1.54, 1.807) is 0 Å². The Bertz CT molecular complexity index is 369. The Morgan fingerprint density at radius 1 is 1.30 bits per heavy atom. The van der Waals surface area contributed by atoms with Crippen LogP contribution in [0.1, 0.15) is 25.8 Å². The van der Waals surface area contributed by atoms with Crippen LogP contribution < -0.4 is 5.32 Å². The van der Waals surface area contributed by atoms with Crippen LogP contribution in [0.4, 0.5) is 0 Å². The molecule has 0 spiro atoms. The zero-order valence-electron chi connectivity index (χ0n) is 12.8. The van der Waals surface area contributed by atoms with E-state index < -0.39 is 0 Å². The van der Waals surface area contributed by atoms with Crippen LogP contribution in [0.15, 0.2) is 30.3 Å². The molecule has 3 heteroatoms. The predicted octanol–water partition coefficient (Wildman–Crippen LogP) is 2.32. The maximum Gasteiger partial charge on any atom is 0.0478 e. The fourth-order valence-electron chi connectivity index (χ4n) is 2.91. The molecule has 0 aromatic heterocycles. The van der Waals surface area contributed by atoms with Gasteiger partial charge in [-0.1, -0.05) is 30.3 Å². The van der Waals surface area contributed by atoms with Gasteiger partial charge < -0.3 is 10.1 Å². The monoisotopic (exact) mass is 276 g/mol. The fraction of sp³-hybridized carbons (Fsp3) is 0.647. The van der Waals surface area contributed by atoms with Crippen molar-refractivity contribution in [3.63, 3.8) is 0 Å². The largest absolute Gasteiger partial charge is 0.382 e. The van der Waals surface area contributed by atoms with Crippen LogP contribution >= 0.6 is 0 Å². The first-order valence-corrected chi connectivity index (χ1v) is 7.88. The van der Waals surface area contributed by atoms with Crippen molar-refractivity contribution in [1.29, 1.82) is 0 Å². The van der Waals surface area contributed by atoms with Crippen LogP contribution in [0.3, 0.4) is 0 Å². The molecule has 0 aliphatic carbocycles. The van der Waals surface area contributed by atoms with Gasteiger partial charge in [-0.25, -0.2) is 0 Å². The lowest BCUT2D eigenvalue weighted by molar-refractivity contribution is 0.0996. The Balaban J connectivity index is 1.86. The number of piperazine rings is 1. The van der Waals surface area contributed by atoms with Gasteiger partial charge >= 0.3 is 0 Å². The lowest BCUT2D eigenvalue weighted by Gasteiger charge is -2.39. The highest BCUT2D eigenvalue weighted by Gasteiger charge is 2.25. The number of nitrogens with one attached hydrogen (secondary N) is 1. The molecular formula is C17H28N2O. The molecular weight excluding hydrogens is 248 g/mol. The van der Waals surface area contributed by atoms with E-state index in [4.69, 9.17) is 4.74 Å². The molecule has 1 fully saturated rings. The second-order valence-corrected chi connectivity index (χ2v) is 5.70. The Kier molecular flexibility index (Phi) is 6.51. The number of hydrogen-bond donors (Lipinski definition) is 1. The summed E-state index contributed by atoms with van der Waals surface area (Å²) < 4.78 is 5.46. The molecule has 1 saturated heterocycles. The van der Waals surface area contributed by atoms with Crippen molar-refractivity contribution in [2.24, 2.45) is 0 Å². The van der Waals surface area contributed by atoms with Crippen molar-refractivity contribution in [1.82, 2.24) is 10.2 Å². The number of ether oxygens (including phenoxy) is 1. The molecule has 1 aromatic rings. The van der Waals surface area contributed by atoms with Crippen LogP contribution in [0.5, 0.6) is 0 Å². The van der Waals surface area contributed by atoms with Gasteiger partial charge in [-0.2, -0.15) is 0 Å². The summed E-state index contributed by atoms with van der Waals surface area (Å²) in [6, 6.07) is 12.0. The molecule has 0 radical (unpaired) electrons. The first-order chi connectivity index (χ1) is 9.79. The number of rotatable bonds is 7. The Morgan fingerprint density at radius 3 is 2.85 bits per heavy atom. The van der Waals surface area contributed by atoms with Gasteiger partial charge in [0.25, 0.3) is 0 Å². The Labute approximate surface area is 123 Å². The summed E-state index contributed by atoms with van der Waals surface area (Å²) in [5, 5.41) is 3.61. The minimum Gasteiger partial charge on any atom is -0.382 e. The zero-order valence-corrected chi connectivity index (χ0v) is 12.8. The number of hydrogen-bond acceptors (Lipinski definition) is 3. The quantitative estimate of drug-likeness (QED) is 0.774. The van der Waals surface area contributed by atoms with Crippen LogP contribution in [-0.2, 0) is 11.2 Å². The van der Waals surface area contributed by atoms with Crippen molar-refractivity contribution in [3.05, 3.63) is 35.9 Å². The molecule has 1 heterocycles. The van der Waals surface area contributed by atoms with E-state index in [1.807, 2.05) is 0 Å². The summed E-state index contributed by atoms with van der Waals surface area (Å²) in [6.07, 6.45) is 2.26. The molecule has 0 amide bonds. The molecule has 1 N–H and O–H groups in total. The topological polar surface area (TPSA) is 24.5 Å². The molecule has 20 heavy (non-hydrogen) atoms. The zero-order chi connectivity index (χ0) is 14.2. The van der Waals surface area contributed by atoms with E-state index in [0.29, 0.717) is 12.1 Å². The van der Waals surface area contributed by atoms with E-state index >= 15 is 0 Å². The van der Waals surface area contributed by atoms with Gasteiger partial charge in [-0.15, -0.1) is 0 Å². The lowest BCUT2D eigenvalue weighted by Crippen LogP contribution is -2.56. The van der Waals surface area contributed by atoms with Crippen molar-refractivity contribution >= 4 is 0 Å². The van der Waals surface area contributed by atoms with Crippen LogP contribution in [0, 0.1) is 0 Å². The van der Waals surface area contributed by atoms with Gasteiger partial charge in [0.15, 0.2) is 0 Å². The van der Waals surface area contributed by atoms with E-state index in [-0.39, 0.29) is 0 Å². The lowest BCUT2D eigenvalue weighted by atomic mass is 10.0. The Morgan fingerprint density at radius 2 is 2.10 bits per heavy atom. The fourth-order valence-corrected chi connectivity index (χ4v) is 2.91. The highest BCUT2D eigenvalue weighted by atomic mass is 16.5. The molecule has 112 valence electrons. The second kappa shape index (κ2) is 8.40. The third kappa shape index (κ3) is 4.89. The van der Waals surface area contributed by atoms with E-state index in [1.165, 1.54) is 5.56 Å². The maximum absolute atomic E-state index is 5.46. The summed E-state index contributed by atoms with van der Waals surface area (Å²) in [5.74, 6) is 0. The van der Waals surface area contributed by atoms with Crippen LogP contribution in [0.2, 0.25) is 0 Å². The first-order valence-electron chi connectivity index (χ1n) is 7.88. The minimum atomic E-state index is 0.592. The second-order valence-electron chi connectivity index (χ2n) is 5.70. The third-order valence-electron chi connectivity index (χ3n) is 3.98. The smallest absolute Gasteiger partial charge is 0.0478 e. The van der Waals surface area contributed by atoms with Crippen molar-refractivity contribution in [2.75, 3.05) is 32.8 Å². The number of nitrogens with zero attached hydrogens (tertiary/aromatic N) is 1. The Hall–Kier alpha value is -0.900. The highest BCUT2D eigenvalue weighted by molar-refractivity contribution is 5.16. The van der Waals surface area contributed by atoms with Gasteiger partial charge in [-0.05, 0) is 32.3 Å². The molecule has 1 aromatic carbocycles. The normalized spacial score (nSPS) is 23.9. The average molecular weight is 276 g/mol. The van der Waals surface area contributed by atoms with Crippen molar-refractivity contribution in [2.45, 2.75) is 38.8 Å². The number of benzene rings is 1. The summed E-state index contributed by atoms with van der Waals surface area (Å²) in [4.78, 5) is 2.63. The summed E-state index contributed by atoms with van der Waals surface area (Å²) >= 11 is 0. The molecule has 2 atom stereocenters. The van der Waals surface area contributed by atoms with Crippen LogP contribution in [-0.4, -0.2) is 49.8 Å². The van der Waals surface area contributed by atoms with Crippen LogP contribution in [0.25, 0.3) is 0 Å². The van der Waals surface area contributed by atoms with E-state index in [0.717, 1.165) is 45.7 Å². The summed E-state index contributed by atoms with van der Waals surface area (Å²) in [6.45, 7) is 9.41. The van der Waals surface area contributed by atoms with Gasteiger partial charge in [-0.3, -0.25) is 4.90 Å². The van der Waals surface area contributed by atoms with Gasteiger partial charge in [0.2, 0.25) is 0 Å². The van der Waals surface area contributed by atoms with E-state index in [2.05, 4.69) is 54.4 Å². The maximum atomic E-state index is 5.46. The minimum absolute atomic E-state index is 0.592. The highest BCUT2D eigenvalue weighted by Crippen LogP contribution is 2.13. The van der Waals surface area contributed by atoms with Gasteiger partial charge in [0.05, 0.1) is 0 Å². The standard InChI is InChI=1S/C17H28N2O/c1-3-20-11-7-10-19-14-15(2)18-13-17(19)12-16-8-5-4-6-9-16/h4-6,8-9,15,17-18H,3,7,10-14H2,1-2H3. The molecule has 0 saturated carbocycles. The molecule has 2 unspecified atom stereocenters.